The molecule has 2 N–H and O–H groups in total. The minimum Gasteiger partial charge on any atom is -0.506 e. The maximum Gasteiger partial charge on any atom is 0.144 e. The second-order valence-electron chi connectivity index (χ2n) is 6.47. The molecule has 0 unspecified atom stereocenters. The van der Waals surface area contributed by atoms with Crippen LogP contribution in [0.5, 0.6) is 5.75 Å². The van der Waals surface area contributed by atoms with Crippen LogP contribution < -0.4 is 5.32 Å². The van der Waals surface area contributed by atoms with Crippen molar-refractivity contribution in [1.29, 1.82) is 0 Å². The van der Waals surface area contributed by atoms with E-state index in [0.717, 1.165) is 40.7 Å². The van der Waals surface area contributed by atoms with Gasteiger partial charge in [0.05, 0.1) is 8.95 Å². The van der Waals surface area contributed by atoms with E-state index in [1.54, 1.807) is 0 Å². The van der Waals surface area contributed by atoms with Crippen LogP contribution in [0.25, 0.3) is 0 Å². The third-order valence-electron chi connectivity index (χ3n) is 3.79. The molecule has 1 saturated heterocycles. The lowest BCUT2D eigenvalue weighted by Crippen LogP contribution is -2.48. The van der Waals surface area contributed by atoms with E-state index in [-0.39, 0.29) is 17.2 Å². The number of piperazine rings is 1. The maximum atomic E-state index is 10.3. The van der Waals surface area contributed by atoms with Crippen molar-refractivity contribution in [2.24, 2.45) is 5.41 Å². The zero-order valence-corrected chi connectivity index (χ0v) is 17.3. The van der Waals surface area contributed by atoms with Gasteiger partial charge in [-0.2, -0.15) is 0 Å². The molecular formula is C15H21Br3N2O. The van der Waals surface area contributed by atoms with Crippen LogP contribution in [0, 0.1) is 5.41 Å². The van der Waals surface area contributed by atoms with Crippen LogP contribution in [0.1, 0.15) is 32.4 Å². The summed E-state index contributed by atoms with van der Waals surface area (Å²) in [7, 11) is 0. The average Bonchev–Trinajstić information content (AvgIpc) is 2.40. The lowest BCUT2D eigenvalue weighted by molar-refractivity contribution is 0.0850. The van der Waals surface area contributed by atoms with Crippen molar-refractivity contribution in [3.05, 3.63) is 25.0 Å². The van der Waals surface area contributed by atoms with Crippen LogP contribution in [0.2, 0.25) is 0 Å². The fourth-order valence-electron chi connectivity index (χ4n) is 2.95. The monoisotopic (exact) mass is 482 g/mol. The summed E-state index contributed by atoms with van der Waals surface area (Å²) in [6.07, 6.45) is 0. The van der Waals surface area contributed by atoms with E-state index >= 15 is 0 Å². The van der Waals surface area contributed by atoms with Crippen LogP contribution in [0.15, 0.2) is 19.5 Å². The molecule has 0 radical (unpaired) electrons. The lowest BCUT2D eigenvalue weighted by atomic mass is 9.81. The van der Waals surface area contributed by atoms with Gasteiger partial charge in [-0.1, -0.05) is 36.7 Å². The lowest BCUT2D eigenvalue weighted by Gasteiger charge is -2.43. The van der Waals surface area contributed by atoms with Gasteiger partial charge < -0.3 is 10.4 Å². The molecule has 1 aromatic rings. The van der Waals surface area contributed by atoms with Crippen LogP contribution >= 0.6 is 47.8 Å². The van der Waals surface area contributed by atoms with E-state index in [1.807, 2.05) is 6.07 Å². The zero-order valence-electron chi connectivity index (χ0n) is 12.5. The minimum atomic E-state index is 0.0582. The molecule has 3 nitrogen and oxygen atoms in total. The Morgan fingerprint density at radius 2 is 1.71 bits per heavy atom. The first kappa shape index (κ1) is 17.7. The number of phenols is 1. The highest BCUT2D eigenvalue weighted by molar-refractivity contribution is 9.11. The standard InChI is InChI=1S/C15H21Br3N2O/c1-15(2,3)14(20-6-4-19-5-7-20)11-9(16)8-10(17)13(21)12(11)18/h8,14,19,21H,4-7H2,1-3H3/t14-/m0/s1. The van der Waals surface area contributed by atoms with Crippen molar-refractivity contribution in [2.45, 2.75) is 26.8 Å². The molecule has 6 heteroatoms. The average molecular weight is 485 g/mol. The normalized spacial score (nSPS) is 18.8. The first-order valence-electron chi connectivity index (χ1n) is 7.04. The van der Waals surface area contributed by atoms with Crippen molar-refractivity contribution in [1.82, 2.24) is 10.2 Å². The van der Waals surface area contributed by atoms with Gasteiger partial charge in [0, 0.05) is 42.3 Å². The fourth-order valence-corrected chi connectivity index (χ4v) is 5.50. The number of halogens is 3. The molecule has 118 valence electrons. The number of benzene rings is 1. The molecule has 1 aromatic carbocycles. The van der Waals surface area contributed by atoms with Gasteiger partial charge >= 0.3 is 0 Å². The van der Waals surface area contributed by atoms with Gasteiger partial charge in [0.2, 0.25) is 0 Å². The molecule has 0 saturated carbocycles. The highest BCUT2D eigenvalue weighted by Gasteiger charge is 2.36. The van der Waals surface area contributed by atoms with Crippen molar-refractivity contribution in [2.75, 3.05) is 26.2 Å². The number of aromatic hydroxyl groups is 1. The summed E-state index contributed by atoms with van der Waals surface area (Å²) in [6, 6.07) is 2.15. The van der Waals surface area contributed by atoms with Gasteiger partial charge in [-0.25, -0.2) is 0 Å². The topological polar surface area (TPSA) is 35.5 Å². The number of phenolic OH excluding ortho intramolecular Hbond substituents is 1. The smallest absolute Gasteiger partial charge is 0.144 e. The Bertz CT molecular complexity index is 523. The van der Waals surface area contributed by atoms with Gasteiger partial charge in [-0.05, 0) is 43.3 Å². The van der Waals surface area contributed by atoms with E-state index in [0.29, 0.717) is 4.47 Å². The number of nitrogens with zero attached hydrogens (tertiary/aromatic N) is 1. The molecule has 21 heavy (non-hydrogen) atoms. The van der Waals surface area contributed by atoms with Gasteiger partial charge in [0.15, 0.2) is 0 Å². The van der Waals surface area contributed by atoms with Gasteiger partial charge in [0.1, 0.15) is 5.75 Å². The van der Waals surface area contributed by atoms with Crippen molar-refractivity contribution in [3.8, 4) is 5.75 Å². The molecular weight excluding hydrogens is 464 g/mol. The predicted molar refractivity (Wildman–Crippen MR) is 97.8 cm³/mol. The molecule has 1 heterocycles. The Kier molecular flexibility index (Phi) is 5.80. The van der Waals surface area contributed by atoms with Crippen LogP contribution in [-0.4, -0.2) is 36.2 Å². The Morgan fingerprint density at radius 1 is 1.14 bits per heavy atom. The highest BCUT2D eigenvalue weighted by Crippen LogP contribution is 2.48. The number of rotatable bonds is 2. The number of hydrogen-bond acceptors (Lipinski definition) is 3. The van der Waals surface area contributed by atoms with E-state index in [9.17, 15) is 5.11 Å². The maximum absolute atomic E-state index is 10.3. The fraction of sp³-hybridized carbons (Fsp3) is 0.600. The summed E-state index contributed by atoms with van der Waals surface area (Å²) < 4.78 is 2.47. The van der Waals surface area contributed by atoms with E-state index < -0.39 is 0 Å². The summed E-state index contributed by atoms with van der Waals surface area (Å²) in [5.74, 6) is 0.262. The third-order valence-corrected chi connectivity index (χ3v) is 5.86. The quantitative estimate of drug-likeness (QED) is 0.640. The third kappa shape index (κ3) is 3.83. The Morgan fingerprint density at radius 3 is 2.24 bits per heavy atom. The van der Waals surface area contributed by atoms with Crippen molar-refractivity contribution < 1.29 is 5.11 Å². The molecule has 0 bridgehead atoms. The zero-order chi connectivity index (χ0) is 15.8. The van der Waals surface area contributed by atoms with Crippen LogP contribution in [-0.2, 0) is 0 Å². The Hall–Kier alpha value is 0.380. The molecule has 0 aliphatic carbocycles. The van der Waals surface area contributed by atoms with E-state index in [4.69, 9.17) is 0 Å². The highest BCUT2D eigenvalue weighted by atomic mass is 79.9. The summed E-state index contributed by atoms with van der Waals surface area (Å²) in [5.41, 5.74) is 1.17. The van der Waals surface area contributed by atoms with E-state index in [1.165, 1.54) is 0 Å². The largest absolute Gasteiger partial charge is 0.506 e. The second kappa shape index (κ2) is 6.87. The molecule has 0 spiro atoms. The van der Waals surface area contributed by atoms with Gasteiger partial charge in [-0.15, -0.1) is 0 Å². The summed E-state index contributed by atoms with van der Waals surface area (Å²) in [6.45, 7) is 10.8. The predicted octanol–water partition coefficient (Wildman–Crippen LogP) is 4.67. The summed E-state index contributed by atoms with van der Waals surface area (Å²) in [4.78, 5) is 2.49. The Labute approximate surface area is 151 Å². The molecule has 1 fully saturated rings. The molecule has 2 rings (SSSR count). The van der Waals surface area contributed by atoms with Gasteiger partial charge in [0.25, 0.3) is 0 Å². The summed E-state index contributed by atoms with van der Waals surface area (Å²) in [5, 5.41) is 13.7. The number of nitrogens with one attached hydrogen (secondary N) is 1. The molecule has 1 aliphatic heterocycles. The van der Waals surface area contributed by atoms with Gasteiger partial charge in [-0.3, -0.25) is 4.90 Å². The SMILES string of the molecule is CC(C)(C)[C@H](c1c(Br)cc(Br)c(O)c1Br)N1CCNCC1. The molecule has 0 amide bonds. The van der Waals surface area contributed by atoms with Crippen LogP contribution in [0.4, 0.5) is 0 Å². The Balaban J connectivity index is 2.54. The second-order valence-corrected chi connectivity index (χ2v) is 8.97. The molecule has 1 aliphatic rings. The minimum absolute atomic E-state index is 0.0582. The number of hydrogen-bond donors (Lipinski definition) is 2. The first-order valence-corrected chi connectivity index (χ1v) is 9.42. The van der Waals surface area contributed by atoms with Crippen molar-refractivity contribution >= 4 is 47.8 Å². The van der Waals surface area contributed by atoms with Crippen LogP contribution in [0.3, 0.4) is 0 Å². The molecule has 1 atom stereocenters. The van der Waals surface area contributed by atoms with Crippen molar-refractivity contribution in [3.63, 3.8) is 0 Å². The van der Waals surface area contributed by atoms with E-state index in [2.05, 4.69) is 78.8 Å². The summed E-state index contributed by atoms with van der Waals surface area (Å²) >= 11 is 10.7. The first-order chi connectivity index (χ1) is 9.73. The molecule has 0 aromatic heterocycles.